The van der Waals surface area contributed by atoms with Crippen LogP contribution in [0.25, 0.3) is 11.5 Å². The van der Waals surface area contributed by atoms with Crippen LogP contribution in [0.4, 0.5) is 8.78 Å². The maximum Gasteiger partial charge on any atom is 0.387 e. The van der Waals surface area contributed by atoms with Gasteiger partial charge in [0.25, 0.3) is 5.89 Å². The fraction of sp³-hybridized carbons (Fsp3) is 0.391. The van der Waals surface area contributed by atoms with E-state index in [2.05, 4.69) is 44.5 Å². The van der Waals surface area contributed by atoms with Gasteiger partial charge in [-0.15, -0.1) is 0 Å². The highest BCUT2D eigenvalue weighted by molar-refractivity contribution is 5.54. The SMILES string of the molecule is FC(F)Oc1ccc(-c2nc(C3(CNC4CC4c4ccccc4)CCC3)no2)cc1. The second-order valence-corrected chi connectivity index (χ2v) is 8.20. The Balaban J connectivity index is 1.24. The third-order valence-electron chi connectivity index (χ3n) is 6.26. The van der Waals surface area contributed by atoms with Crippen LogP contribution in [0.2, 0.25) is 0 Å². The van der Waals surface area contributed by atoms with E-state index in [-0.39, 0.29) is 11.2 Å². The van der Waals surface area contributed by atoms with E-state index < -0.39 is 6.61 Å². The molecule has 156 valence electrons. The van der Waals surface area contributed by atoms with E-state index in [9.17, 15) is 8.78 Å². The van der Waals surface area contributed by atoms with E-state index in [4.69, 9.17) is 4.52 Å². The highest BCUT2D eigenvalue weighted by Gasteiger charge is 2.46. The zero-order valence-corrected chi connectivity index (χ0v) is 16.4. The Morgan fingerprint density at radius 3 is 2.53 bits per heavy atom. The maximum atomic E-state index is 12.3. The average molecular weight is 411 g/mol. The fourth-order valence-corrected chi connectivity index (χ4v) is 4.23. The molecule has 0 aliphatic heterocycles. The van der Waals surface area contributed by atoms with Crippen molar-refractivity contribution in [3.05, 3.63) is 66.0 Å². The molecule has 2 fully saturated rings. The molecular formula is C23H23F2N3O2. The number of benzene rings is 2. The molecule has 2 aromatic carbocycles. The fourth-order valence-electron chi connectivity index (χ4n) is 4.23. The Bertz CT molecular complexity index is 987. The zero-order valence-electron chi connectivity index (χ0n) is 16.4. The molecule has 5 nitrogen and oxygen atoms in total. The lowest BCUT2D eigenvalue weighted by Crippen LogP contribution is -2.45. The summed E-state index contributed by atoms with van der Waals surface area (Å²) in [4.78, 5) is 4.63. The lowest BCUT2D eigenvalue weighted by molar-refractivity contribution is -0.0498. The van der Waals surface area contributed by atoms with E-state index >= 15 is 0 Å². The molecular weight excluding hydrogens is 388 g/mol. The molecule has 2 atom stereocenters. The predicted octanol–water partition coefficient (Wildman–Crippen LogP) is 4.91. The van der Waals surface area contributed by atoms with Crippen molar-refractivity contribution < 1.29 is 18.0 Å². The Kier molecular flexibility index (Phi) is 4.98. The Hall–Kier alpha value is -2.80. The van der Waals surface area contributed by atoms with E-state index in [0.717, 1.165) is 38.1 Å². The third kappa shape index (κ3) is 3.81. The van der Waals surface area contributed by atoms with Crippen molar-refractivity contribution >= 4 is 0 Å². The molecule has 7 heteroatoms. The number of alkyl halides is 2. The standard InChI is InChI=1S/C23H23F2N3O2/c24-22(25)29-17-9-7-16(8-10-17)20-27-21(28-30-20)23(11-4-12-23)14-26-19-13-18(19)15-5-2-1-3-6-15/h1-3,5-10,18-19,22,26H,4,11-14H2. The molecule has 1 N–H and O–H groups in total. The molecule has 0 saturated heterocycles. The number of nitrogens with zero attached hydrogens (tertiary/aromatic N) is 2. The molecule has 2 unspecified atom stereocenters. The van der Waals surface area contributed by atoms with Crippen LogP contribution >= 0.6 is 0 Å². The summed E-state index contributed by atoms with van der Waals surface area (Å²) in [6.45, 7) is -2.01. The quantitative estimate of drug-likeness (QED) is 0.571. The Labute approximate surface area is 173 Å². The van der Waals surface area contributed by atoms with Gasteiger partial charge in [-0.1, -0.05) is 41.9 Å². The first kappa shape index (κ1) is 19.2. The normalized spacial score (nSPS) is 22.0. The van der Waals surface area contributed by atoms with Gasteiger partial charge in [-0.25, -0.2) is 0 Å². The van der Waals surface area contributed by atoms with Crippen LogP contribution in [-0.2, 0) is 5.41 Å². The number of hydrogen-bond donors (Lipinski definition) is 1. The summed E-state index contributed by atoms with van der Waals surface area (Å²) in [5, 5.41) is 7.97. The van der Waals surface area contributed by atoms with Crippen LogP contribution in [0, 0.1) is 0 Å². The van der Waals surface area contributed by atoms with Gasteiger partial charge in [-0.3, -0.25) is 0 Å². The molecule has 0 amide bonds. The summed E-state index contributed by atoms with van der Waals surface area (Å²) >= 11 is 0. The molecule has 0 bridgehead atoms. The first-order valence-electron chi connectivity index (χ1n) is 10.3. The van der Waals surface area contributed by atoms with Gasteiger partial charge < -0.3 is 14.6 Å². The number of rotatable bonds is 8. The summed E-state index contributed by atoms with van der Waals surface area (Å²) in [5.74, 6) is 1.80. The van der Waals surface area contributed by atoms with E-state index in [0.29, 0.717) is 23.4 Å². The Morgan fingerprint density at radius 2 is 1.87 bits per heavy atom. The van der Waals surface area contributed by atoms with Crippen LogP contribution in [0.3, 0.4) is 0 Å². The highest BCUT2D eigenvalue weighted by Crippen LogP contribution is 2.45. The van der Waals surface area contributed by atoms with Gasteiger partial charge in [0, 0.05) is 29.5 Å². The van der Waals surface area contributed by atoms with Gasteiger partial charge in [0.15, 0.2) is 5.82 Å². The van der Waals surface area contributed by atoms with Crippen molar-refractivity contribution in [2.75, 3.05) is 6.54 Å². The third-order valence-corrected chi connectivity index (χ3v) is 6.26. The summed E-state index contributed by atoms with van der Waals surface area (Å²) in [6.07, 6.45) is 4.37. The second kappa shape index (κ2) is 7.80. The first-order valence-corrected chi connectivity index (χ1v) is 10.3. The van der Waals surface area contributed by atoms with Crippen LogP contribution in [0.15, 0.2) is 59.1 Å². The van der Waals surface area contributed by atoms with Gasteiger partial charge >= 0.3 is 6.61 Å². The van der Waals surface area contributed by atoms with Gasteiger partial charge in [0.1, 0.15) is 5.75 Å². The lowest BCUT2D eigenvalue weighted by atomic mass is 9.68. The minimum atomic E-state index is -2.84. The number of nitrogens with one attached hydrogen (secondary N) is 1. The Morgan fingerprint density at radius 1 is 1.10 bits per heavy atom. The maximum absolute atomic E-state index is 12.3. The summed E-state index contributed by atoms with van der Waals surface area (Å²) in [7, 11) is 0. The number of aromatic nitrogens is 2. The highest BCUT2D eigenvalue weighted by atomic mass is 19.3. The molecule has 2 aliphatic carbocycles. The van der Waals surface area contributed by atoms with Crippen molar-refractivity contribution in [2.45, 2.75) is 49.7 Å². The van der Waals surface area contributed by atoms with Crippen LogP contribution in [-0.4, -0.2) is 29.3 Å². The number of ether oxygens (including phenoxy) is 1. The minimum absolute atomic E-state index is 0.0930. The van der Waals surface area contributed by atoms with E-state index in [1.54, 1.807) is 12.1 Å². The average Bonchev–Trinajstić information content (AvgIpc) is 3.34. The summed E-state index contributed by atoms with van der Waals surface area (Å²) in [6, 6.07) is 17.3. The monoisotopic (exact) mass is 411 g/mol. The summed E-state index contributed by atoms with van der Waals surface area (Å²) < 4.78 is 34.5. The van der Waals surface area contributed by atoms with E-state index in [1.165, 1.54) is 17.7 Å². The van der Waals surface area contributed by atoms with Gasteiger partial charge in [-0.2, -0.15) is 13.8 Å². The molecule has 0 spiro atoms. The molecule has 5 rings (SSSR count). The minimum Gasteiger partial charge on any atom is -0.435 e. The number of halogens is 2. The smallest absolute Gasteiger partial charge is 0.387 e. The lowest BCUT2D eigenvalue weighted by Gasteiger charge is -2.39. The second-order valence-electron chi connectivity index (χ2n) is 8.20. The van der Waals surface area contributed by atoms with E-state index in [1.807, 2.05) is 6.07 Å². The molecule has 1 aromatic heterocycles. The van der Waals surface area contributed by atoms with Crippen molar-refractivity contribution in [1.82, 2.24) is 15.5 Å². The largest absolute Gasteiger partial charge is 0.435 e. The van der Waals surface area contributed by atoms with Crippen molar-refractivity contribution in [3.63, 3.8) is 0 Å². The zero-order chi connectivity index (χ0) is 20.6. The van der Waals surface area contributed by atoms with Gasteiger partial charge in [0.2, 0.25) is 0 Å². The van der Waals surface area contributed by atoms with Gasteiger partial charge in [0.05, 0.1) is 0 Å². The summed E-state index contributed by atoms with van der Waals surface area (Å²) in [5.41, 5.74) is 1.98. The van der Waals surface area contributed by atoms with Gasteiger partial charge in [-0.05, 0) is 49.1 Å². The molecule has 0 radical (unpaired) electrons. The van der Waals surface area contributed by atoms with Crippen LogP contribution < -0.4 is 10.1 Å². The topological polar surface area (TPSA) is 60.2 Å². The van der Waals surface area contributed by atoms with Crippen molar-refractivity contribution in [1.29, 1.82) is 0 Å². The molecule has 1 heterocycles. The van der Waals surface area contributed by atoms with Crippen molar-refractivity contribution in [3.8, 4) is 17.2 Å². The van der Waals surface area contributed by atoms with Crippen LogP contribution in [0.5, 0.6) is 5.75 Å². The van der Waals surface area contributed by atoms with Crippen LogP contribution in [0.1, 0.15) is 43.0 Å². The predicted molar refractivity (Wildman–Crippen MR) is 107 cm³/mol. The molecule has 2 aliphatic rings. The first-order chi connectivity index (χ1) is 14.6. The molecule has 3 aromatic rings. The number of hydrogen-bond acceptors (Lipinski definition) is 5. The van der Waals surface area contributed by atoms with Crippen molar-refractivity contribution in [2.24, 2.45) is 0 Å². The molecule has 30 heavy (non-hydrogen) atoms. The molecule has 2 saturated carbocycles.